The van der Waals surface area contributed by atoms with Crippen LogP contribution in [0.25, 0.3) is 0 Å². The van der Waals surface area contributed by atoms with E-state index in [9.17, 15) is 9.59 Å². The lowest BCUT2D eigenvalue weighted by molar-refractivity contribution is -0.149. The number of carboxylic acids is 1. The van der Waals surface area contributed by atoms with Crippen LogP contribution in [0.5, 0.6) is 0 Å². The second-order valence-electron chi connectivity index (χ2n) is 5.78. The largest absolute Gasteiger partial charge is 0.481 e. The number of morpholine rings is 1. The van der Waals surface area contributed by atoms with E-state index in [0.717, 1.165) is 16.5 Å². The van der Waals surface area contributed by atoms with Crippen molar-refractivity contribution in [1.82, 2.24) is 4.90 Å². The van der Waals surface area contributed by atoms with Crippen LogP contribution >= 0.6 is 15.9 Å². The molecule has 23 heavy (non-hydrogen) atoms. The average molecular weight is 384 g/mol. The van der Waals surface area contributed by atoms with E-state index >= 15 is 0 Å². The first-order valence-corrected chi connectivity index (χ1v) is 8.66. The number of ether oxygens (including phenoxy) is 1. The number of benzene rings is 1. The molecule has 0 saturated carbocycles. The third-order valence-corrected chi connectivity index (χ3v) is 4.89. The molecule has 6 heteroatoms. The summed E-state index contributed by atoms with van der Waals surface area (Å²) in [6, 6.07) is 7.92. The van der Waals surface area contributed by atoms with Crippen LogP contribution in [0.3, 0.4) is 0 Å². The second-order valence-corrected chi connectivity index (χ2v) is 6.63. The molecule has 2 rings (SSSR count). The van der Waals surface area contributed by atoms with Crippen molar-refractivity contribution in [2.24, 2.45) is 5.92 Å². The van der Waals surface area contributed by atoms with E-state index in [1.54, 1.807) is 4.90 Å². The SMILES string of the molecule is CC[C@H](Cc1ccccc1Br)C(=O)N1CCO[C@H](CC(=O)O)C1. The summed E-state index contributed by atoms with van der Waals surface area (Å²) >= 11 is 3.53. The molecule has 0 spiro atoms. The summed E-state index contributed by atoms with van der Waals surface area (Å²) in [5.74, 6) is -0.913. The van der Waals surface area contributed by atoms with Gasteiger partial charge in [0.05, 0.1) is 19.1 Å². The van der Waals surface area contributed by atoms with Gasteiger partial charge >= 0.3 is 5.97 Å². The third kappa shape index (κ3) is 5.04. The van der Waals surface area contributed by atoms with Crippen molar-refractivity contribution in [1.29, 1.82) is 0 Å². The average Bonchev–Trinajstić information content (AvgIpc) is 2.53. The highest BCUT2D eigenvalue weighted by Crippen LogP contribution is 2.23. The van der Waals surface area contributed by atoms with Gasteiger partial charge in [0, 0.05) is 23.5 Å². The minimum absolute atomic E-state index is 0.0647. The van der Waals surface area contributed by atoms with Gasteiger partial charge in [-0.1, -0.05) is 41.1 Å². The molecule has 126 valence electrons. The maximum atomic E-state index is 12.8. The Morgan fingerprint density at radius 2 is 2.17 bits per heavy atom. The van der Waals surface area contributed by atoms with Crippen LogP contribution in [0.15, 0.2) is 28.7 Å². The van der Waals surface area contributed by atoms with Crippen molar-refractivity contribution in [2.75, 3.05) is 19.7 Å². The van der Waals surface area contributed by atoms with Crippen LogP contribution in [0.4, 0.5) is 0 Å². The number of carboxylic acid groups (broad SMARTS) is 1. The lowest BCUT2D eigenvalue weighted by Crippen LogP contribution is -2.48. The Hall–Kier alpha value is -1.40. The molecule has 1 aromatic carbocycles. The Kier molecular flexibility index (Phi) is 6.59. The molecule has 1 saturated heterocycles. The number of carbonyl (C=O) groups excluding carboxylic acids is 1. The fourth-order valence-corrected chi connectivity index (χ4v) is 3.28. The van der Waals surface area contributed by atoms with Gasteiger partial charge in [-0.05, 0) is 24.5 Å². The number of halogens is 1. The van der Waals surface area contributed by atoms with Crippen LogP contribution in [-0.4, -0.2) is 47.7 Å². The molecule has 1 fully saturated rings. The van der Waals surface area contributed by atoms with Crippen LogP contribution < -0.4 is 0 Å². The molecule has 0 bridgehead atoms. The zero-order valence-corrected chi connectivity index (χ0v) is 14.8. The molecule has 1 N–H and O–H groups in total. The molecular weight excluding hydrogens is 362 g/mol. The first-order valence-electron chi connectivity index (χ1n) is 7.86. The van der Waals surface area contributed by atoms with Gasteiger partial charge in [0.2, 0.25) is 5.91 Å². The molecule has 1 aliphatic heterocycles. The lowest BCUT2D eigenvalue weighted by atomic mass is 9.95. The summed E-state index contributed by atoms with van der Waals surface area (Å²) < 4.78 is 6.45. The number of carbonyl (C=O) groups is 2. The standard InChI is InChI=1S/C17H22BrNO4/c1-2-12(9-13-5-3-4-6-15(13)18)17(22)19-7-8-23-14(11-19)10-16(20)21/h3-6,12,14H,2,7-11H2,1H3,(H,20,21)/t12-,14-/m1/s1. The van der Waals surface area contributed by atoms with E-state index in [-0.39, 0.29) is 18.2 Å². The Labute approximate surface area is 144 Å². The van der Waals surface area contributed by atoms with Crippen molar-refractivity contribution in [3.8, 4) is 0 Å². The molecule has 0 unspecified atom stereocenters. The highest BCUT2D eigenvalue weighted by molar-refractivity contribution is 9.10. The normalized spacial score (nSPS) is 19.4. The van der Waals surface area contributed by atoms with Gasteiger partial charge in [0.1, 0.15) is 0 Å². The molecule has 0 aliphatic carbocycles. The van der Waals surface area contributed by atoms with Gasteiger partial charge in [-0.2, -0.15) is 0 Å². The monoisotopic (exact) mass is 383 g/mol. The zero-order valence-electron chi connectivity index (χ0n) is 13.2. The second kappa shape index (κ2) is 8.45. The molecule has 1 aromatic rings. The zero-order chi connectivity index (χ0) is 16.8. The van der Waals surface area contributed by atoms with Gasteiger partial charge in [0.25, 0.3) is 0 Å². The summed E-state index contributed by atoms with van der Waals surface area (Å²) in [7, 11) is 0. The Morgan fingerprint density at radius 3 is 2.83 bits per heavy atom. The van der Waals surface area contributed by atoms with Gasteiger partial charge in [-0.3, -0.25) is 9.59 Å². The molecule has 1 aliphatic rings. The fraction of sp³-hybridized carbons (Fsp3) is 0.529. The predicted octanol–water partition coefficient (Wildman–Crippen LogP) is 2.72. The van der Waals surface area contributed by atoms with Crippen molar-refractivity contribution < 1.29 is 19.4 Å². The molecule has 0 radical (unpaired) electrons. The summed E-state index contributed by atoms with van der Waals surface area (Å²) in [5, 5.41) is 8.88. The van der Waals surface area contributed by atoms with Gasteiger partial charge in [-0.25, -0.2) is 0 Å². The highest BCUT2D eigenvalue weighted by atomic mass is 79.9. The van der Waals surface area contributed by atoms with Crippen molar-refractivity contribution in [2.45, 2.75) is 32.3 Å². The number of hydrogen-bond acceptors (Lipinski definition) is 3. The van der Waals surface area contributed by atoms with Crippen LogP contribution in [0.2, 0.25) is 0 Å². The minimum Gasteiger partial charge on any atom is -0.481 e. The summed E-state index contributed by atoms with van der Waals surface area (Å²) in [5.41, 5.74) is 1.11. The van der Waals surface area contributed by atoms with E-state index in [1.165, 1.54) is 0 Å². The summed E-state index contributed by atoms with van der Waals surface area (Å²) in [4.78, 5) is 25.4. The number of nitrogens with zero attached hydrogens (tertiary/aromatic N) is 1. The fourth-order valence-electron chi connectivity index (χ4n) is 2.83. The minimum atomic E-state index is -0.899. The van der Waals surface area contributed by atoms with E-state index in [0.29, 0.717) is 26.1 Å². The highest BCUT2D eigenvalue weighted by Gasteiger charge is 2.29. The summed E-state index contributed by atoms with van der Waals surface area (Å²) in [6.45, 7) is 3.29. The third-order valence-electron chi connectivity index (χ3n) is 4.12. The van der Waals surface area contributed by atoms with Crippen LogP contribution in [0, 0.1) is 5.92 Å². The molecule has 0 aromatic heterocycles. The smallest absolute Gasteiger partial charge is 0.306 e. The number of amides is 1. The van der Waals surface area contributed by atoms with E-state index in [2.05, 4.69) is 15.9 Å². The topological polar surface area (TPSA) is 66.8 Å². The molecular formula is C17H22BrNO4. The van der Waals surface area contributed by atoms with Crippen LogP contribution in [-0.2, 0) is 20.7 Å². The maximum Gasteiger partial charge on any atom is 0.306 e. The molecule has 2 atom stereocenters. The molecule has 1 heterocycles. The van der Waals surface area contributed by atoms with Gasteiger partial charge < -0.3 is 14.7 Å². The Bertz CT molecular complexity index is 563. The predicted molar refractivity (Wildman–Crippen MR) is 90.2 cm³/mol. The quantitative estimate of drug-likeness (QED) is 0.819. The number of aliphatic carboxylic acids is 1. The lowest BCUT2D eigenvalue weighted by Gasteiger charge is -2.34. The Balaban J connectivity index is 2.01. The van der Waals surface area contributed by atoms with Crippen molar-refractivity contribution >= 4 is 27.8 Å². The first-order chi connectivity index (χ1) is 11.0. The van der Waals surface area contributed by atoms with E-state index < -0.39 is 12.1 Å². The maximum absolute atomic E-state index is 12.8. The first kappa shape index (κ1) is 17.9. The molecule has 5 nitrogen and oxygen atoms in total. The van der Waals surface area contributed by atoms with E-state index in [4.69, 9.17) is 9.84 Å². The number of rotatable bonds is 6. The van der Waals surface area contributed by atoms with Crippen LogP contribution in [0.1, 0.15) is 25.3 Å². The summed E-state index contributed by atoms with van der Waals surface area (Å²) in [6.07, 6.45) is 0.954. The molecule has 1 amide bonds. The van der Waals surface area contributed by atoms with Crippen molar-refractivity contribution in [3.05, 3.63) is 34.3 Å². The number of hydrogen-bond donors (Lipinski definition) is 1. The van der Waals surface area contributed by atoms with Crippen molar-refractivity contribution in [3.63, 3.8) is 0 Å². The van der Waals surface area contributed by atoms with E-state index in [1.807, 2.05) is 31.2 Å². The van der Waals surface area contributed by atoms with Gasteiger partial charge in [0.15, 0.2) is 0 Å². The Morgan fingerprint density at radius 1 is 1.43 bits per heavy atom. The van der Waals surface area contributed by atoms with Gasteiger partial charge in [-0.15, -0.1) is 0 Å².